The topological polar surface area (TPSA) is 78.9 Å². The summed E-state index contributed by atoms with van der Waals surface area (Å²) in [4.78, 5) is 24.8. The smallest absolute Gasteiger partial charge is 0.416 e. The number of carboxylic acid groups (broad SMARTS) is 1. The van der Waals surface area contributed by atoms with Crippen molar-refractivity contribution >= 4 is 12.0 Å². The van der Waals surface area contributed by atoms with Gasteiger partial charge in [0.1, 0.15) is 5.75 Å². The molecule has 0 radical (unpaired) electrons. The van der Waals surface area contributed by atoms with Crippen LogP contribution in [-0.4, -0.2) is 41.2 Å². The molecule has 1 aliphatic rings. The fourth-order valence-corrected chi connectivity index (χ4v) is 2.91. The molecule has 1 aliphatic heterocycles. The molecule has 1 heterocycles. The number of aliphatic carboxylic acids is 1. The highest BCUT2D eigenvalue weighted by Crippen LogP contribution is 2.35. The Morgan fingerprint density at radius 1 is 1.37 bits per heavy atom. The average molecular weight is 388 g/mol. The second-order valence-electron chi connectivity index (χ2n) is 7.18. The third kappa shape index (κ3) is 5.05. The Bertz CT molecular complexity index is 721. The maximum Gasteiger partial charge on any atom is 0.416 e. The van der Waals surface area contributed by atoms with E-state index >= 15 is 0 Å². The van der Waals surface area contributed by atoms with Gasteiger partial charge in [-0.3, -0.25) is 4.79 Å². The zero-order chi connectivity index (χ0) is 20.4. The predicted molar refractivity (Wildman–Crippen MR) is 91.4 cm³/mol. The maximum atomic E-state index is 13.3. The number of likely N-dealkylation sites (tertiary alicyclic amines) is 1. The molecule has 150 valence electrons. The molecule has 0 aromatic heterocycles. The van der Waals surface area contributed by atoms with Gasteiger partial charge in [-0.25, -0.2) is 4.79 Å². The van der Waals surface area contributed by atoms with Gasteiger partial charge in [0.05, 0.1) is 17.1 Å². The van der Waals surface area contributed by atoms with E-state index in [1.807, 2.05) is 0 Å². The summed E-state index contributed by atoms with van der Waals surface area (Å²) in [5, 5.41) is 11.6. The summed E-state index contributed by atoms with van der Waals surface area (Å²) in [6.07, 6.45) is -4.56. The molecule has 6 nitrogen and oxygen atoms in total. The van der Waals surface area contributed by atoms with Crippen LogP contribution in [0, 0.1) is 5.41 Å². The van der Waals surface area contributed by atoms with E-state index in [-0.39, 0.29) is 37.1 Å². The largest absolute Gasteiger partial charge is 0.491 e. The molecule has 1 aromatic carbocycles. The SMILES string of the molecule is CC(C)Oc1ccc(CNC(=O)N2CCC(C)(C(=O)O)C2)c(C(F)(F)F)c1. The monoisotopic (exact) mass is 388 g/mol. The molecule has 0 spiro atoms. The van der Waals surface area contributed by atoms with Crippen LogP contribution in [-0.2, 0) is 17.5 Å². The first-order valence-electron chi connectivity index (χ1n) is 8.55. The zero-order valence-corrected chi connectivity index (χ0v) is 15.4. The van der Waals surface area contributed by atoms with E-state index in [4.69, 9.17) is 4.74 Å². The van der Waals surface area contributed by atoms with E-state index in [2.05, 4.69) is 5.32 Å². The molecule has 0 aliphatic carbocycles. The number of amides is 2. The lowest BCUT2D eigenvalue weighted by molar-refractivity contribution is -0.147. The standard InChI is InChI=1S/C18H23F3N2O4/c1-11(2)27-13-5-4-12(14(8-13)18(19,20)21)9-22-16(26)23-7-6-17(3,10-23)15(24)25/h4-5,8,11H,6-7,9-10H2,1-3H3,(H,22,26)(H,24,25). The number of alkyl halides is 3. The Hall–Kier alpha value is -2.45. The van der Waals surface area contributed by atoms with Crippen molar-refractivity contribution in [2.45, 2.75) is 46.0 Å². The van der Waals surface area contributed by atoms with Gasteiger partial charge in [-0.15, -0.1) is 0 Å². The zero-order valence-electron chi connectivity index (χ0n) is 15.4. The van der Waals surface area contributed by atoms with Crippen LogP contribution in [0.2, 0.25) is 0 Å². The highest BCUT2D eigenvalue weighted by Gasteiger charge is 2.42. The van der Waals surface area contributed by atoms with E-state index in [0.717, 1.165) is 6.07 Å². The van der Waals surface area contributed by atoms with Crippen molar-refractivity contribution < 1.29 is 32.6 Å². The highest BCUT2D eigenvalue weighted by atomic mass is 19.4. The van der Waals surface area contributed by atoms with E-state index in [1.165, 1.54) is 24.0 Å². The molecule has 2 amide bonds. The summed E-state index contributed by atoms with van der Waals surface area (Å²) in [6.45, 7) is 4.89. The van der Waals surface area contributed by atoms with Crippen molar-refractivity contribution in [3.05, 3.63) is 29.3 Å². The number of halogens is 3. The van der Waals surface area contributed by atoms with Gasteiger partial charge in [0.25, 0.3) is 0 Å². The van der Waals surface area contributed by atoms with E-state index < -0.39 is 29.2 Å². The summed E-state index contributed by atoms with van der Waals surface area (Å²) in [5.74, 6) is -0.901. The minimum Gasteiger partial charge on any atom is -0.491 e. The Balaban J connectivity index is 2.09. The van der Waals surface area contributed by atoms with Crippen molar-refractivity contribution in [1.29, 1.82) is 0 Å². The number of carbonyl (C=O) groups excluding carboxylic acids is 1. The molecule has 1 fully saturated rings. The molecular formula is C18H23F3N2O4. The molecule has 0 saturated carbocycles. The molecule has 1 unspecified atom stereocenters. The quantitative estimate of drug-likeness (QED) is 0.809. The number of carbonyl (C=O) groups is 2. The van der Waals surface area contributed by atoms with Crippen LogP contribution in [0.15, 0.2) is 18.2 Å². The number of benzene rings is 1. The van der Waals surface area contributed by atoms with Crippen LogP contribution in [0.25, 0.3) is 0 Å². The molecule has 1 saturated heterocycles. The normalized spacial score (nSPS) is 20.0. The van der Waals surface area contributed by atoms with E-state index in [1.54, 1.807) is 13.8 Å². The fourth-order valence-electron chi connectivity index (χ4n) is 2.91. The molecule has 9 heteroatoms. The summed E-state index contributed by atoms with van der Waals surface area (Å²) in [7, 11) is 0. The first-order chi connectivity index (χ1) is 12.4. The number of rotatable bonds is 5. The van der Waals surface area contributed by atoms with Crippen LogP contribution in [0.3, 0.4) is 0 Å². The average Bonchev–Trinajstić information content (AvgIpc) is 2.96. The van der Waals surface area contributed by atoms with Gasteiger partial charge in [0, 0.05) is 19.6 Å². The van der Waals surface area contributed by atoms with Crippen molar-refractivity contribution in [2.75, 3.05) is 13.1 Å². The first-order valence-corrected chi connectivity index (χ1v) is 8.55. The maximum absolute atomic E-state index is 13.3. The van der Waals surface area contributed by atoms with Crippen LogP contribution >= 0.6 is 0 Å². The van der Waals surface area contributed by atoms with Crippen molar-refractivity contribution in [3.8, 4) is 5.75 Å². The molecule has 2 rings (SSSR count). The molecule has 1 aromatic rings. The minimum absolute atomic E-state index is 0.0153. The Kier molecular flexibility index (Phi) is 5.91. The Morgan fingerprint density at radius 2 is 2.04 bits per heavy atom. The second-order valence-corrected chi connectivity index (χ2v) is 7.18. The summed E-state index contributed by atoms with van der Waals surface area (Å²) < 4.78 is 45.3. The number of hydrogen-bond acceptors (Lipinski definition) is 3. The number of ether oxygens (including phenoxy) is 1. The van der Waals surface area contributed by atoms with Gasteiger partial charge >= 0.3 is 18.2 Å². The number of carboxylic acids is 1. The Morgan fingerprint density at radius 3 is 2.56 bits per heavy atom. The van der Waals surface area contributed by atoms with Crippen molar-refractivity contribution in [3.63, 3.8) is 0 Å². The Labute approximate surface area is 155 Å². The second kappa shape index (κ2) is 7.66. The molecule has 27 heavy (non-hydrogen) atoms. The molecular weight excluding hydrogens is 365 g/mol. The van der Waals surface area contributed by atoms with Gasteiger partial charge in [0.2, 0.25) is 0 Å². The summed E-state index contributed by atoms with van der Waals surface area (Å²) in [6, 6.07) is 3.02. The van der Waals surface area contributed by atoms with Crippen LogP contribution in [0.4, 0.5) is 18.0 Å². The van der Waals surface area contributed by atoms with Crippen LogP contribution in [0.5, 0.6) is 5.75 Å². The lowest BCUT2D eigenvalue weighted by Crippen LogP contribution is -2.40. The third-order valence-corrected chi connectivity index (χ3v) is 4.47. The predicted octanol–water partition coefficient (Wildman–Crippen LogP) is 3.50. The third-order valence-electron chi connectivity index (χ3n) is 4.47. The van der Waals surface area contributed by atoms with E-state index in [0.29, 0.717) is 6.42 Å². The molecule has 0 bridgehead atoms. The summed E-state index contributed by atoms with van der Waals surface area (Å²) in [5.41, 5.74) is -2.01. The van der Waals surface area contributed by atoms with Gasteiger partial charge in [-0.05, 0) is 44.9 Å². The molecule has 2 N–H and O–H groups in total. The first kappa shape index (κ1) is 20.9. The van der Waals surface area contributed by atoms with Gasteiger partial charge < -0.3 is 20.1 Å². The van der Waals surface area contributed by atoms with Gasteiger partial charge in [-0.2, -0.15) is 13.2 Å². The fraction of sp³-hybridized carbons (Fsp3) is 0.556. The van der Waals surface area contributed by atoms with Crippen LogP contribution in [0.1, 0.15) is 38.3 Å². The number of nitrogens with zero attached hydrogens (tertiary/aromatic N) is 1. The number of nitrogens with one attached hydrogen (secondary N) is 1. The molecule has 1 atom stereocenters. The van der Waals surface area contributed by atoms with E-state index in [9.17, 15) is 27.9 Å². The number of hydrogen-bond donors (Lipinski definition) is 2. The number of urea groups is 1. The van der Waals surface area contributed by atoms with Gasteiger partial charge in [-0.1, -0.05) is 6.07 Å². The van der Waals surface area contributed by atoms with Crippen molar-refractivity contribution in [2.24, 2.45) is 5.41 Å². The summed E-state index contributed by atoms with van der Waals surface area (Å²) >= 11 is 0. The van der Waals surface area contributed by atoms with Gasteiger partial charge in [0.15, 0.2) is 0 Å². The lowest BCUT2D eigenvalue weighted by atomic mass is 9.90. The van der Waals surface area contributed by atoms with Crippen molar-refractivity contribution in [1.82, 2.24) is 10.2 Å². The lowest BCUT2D eigenvalue weighted by Gasteiger charge is -2.21. The minimum atomic E-state index is -4.59. The van der Waals surface area contributed by atoms with Crippen LogP contribution < -0.4 is 10.1 Å². The highest BCUT2D eigenvalue weighted by molar-refractivity contribution is 5.79.